The predicted octanol–water partition coefficient (Wildman–Crippen LogP) is 6.41. The molecule has 1 saturated heterocycles. The molecule has 0 bridgehead atoms. The second-order valence-electron chi connectivity index (χ2n) is 6.34. The van der Waals surface area contributed by atoms with Crippen molar-refractivity contribution < 1.29 is 14.3 Å². The van der Waals surface area contributed by atoms with Gasteiger partial charge in [0.1, 0.15) is 5.75 Å². The van der Waals surface area contributed by atoms with E-state index in [1.807, 2.05) is 38.1 Å². The van der Waals surface area contributed by atoms with Crippen molar-refractivity contribution in [3.8, 4) is 5.75 Å². The van der Waals surface area contributed by atoms with Crippen molar-refractivity contribution in [2.75, 3.05) is 0 Å². The van der Waals surface area contributed by atoms with Crippen molar-refractivity contribution >= 4 is 52.2 Å². The summed E-state index contributed by atoms with van der Waals surface area (Å²) >= 11 is 13.3. The van der Waals surface area contributed by atoms with Gasteiger partial charge in [-0.3, -0.25) is 14.5 Å². The summed E-state index contributed by atoms with van der Waals surface area (Å²) in [5.74, 6) is 0.308. The van der Waals surface area contributed by atoms with E-state index in [4.69, 9.17) is 27.9 Å². The molecule has 1 aliphatic rings. The van der Waals surface area contributed by atoms with Crippen molar-refractivity contribution in [3.63, 3.8) is 0 Å². The molecule has 1 heterocycles. The lowest BCUT2D eigenvalue weighted by molar-refractivity contribution is -0.123. The molecule has 0 radical (unpaired) electrons. The van der Waals surface area contributed by atoms with Crippen LogP contribution >= 0.6 is 35.0 Å². The Morgan fingerprint density at radius 1 is 1.11 bits per heavy atom. The predicted molar refractivity (Wildman–Crippen MR) is 115 cm³/mol. The summed E-state index contributed by atoms with van der Waals surface area (Å²) < 4.78 is 5.92. The van der Waals surface area contributed by atoms with Crippen molar-refractivity contribution in [2.24, 2.45) is 0 Å². The molecule has 2 amide bonds. The molecule has 1 aliphatic heterocycles. The summed E-state index contributed by atoms with van der Waals surface area (Å²) in [6, 6.07) is 12.5. The van der Waals surface area contributed by atoms with Crippen molar-refractivity contribution in [3.05, 3.63) is 68.5 Å². The fraction of sp³-hybridized carbons (Fsp3) is 0.238. The Kier molecular flexibility index (Phi) is 6.70. The van der Waals surface area contributed by atoms with Gasteiger partial charge in [0.05, 0.1) is 17.6 Å². The van der Waals surface area contributed by atoms with Gasteiger partial charge in [0, 0.05) is 21.2 Å². The van der Waals surface area contributed by atoms with Crippen LogP contribution in [0.5, 0.6) is 5.75 Å². The lowest BCUT2D eigenvalue weighted by Crippen LogP contribution is -2.27. The Bertz CT molecular complexity index is 925. The van der Waals surface area contributed by atoms with E-state index in [2.05, 4.69) is 0 Å². The standard InChI is InChI=1S/C21H19Cl2NO3S/c1-3-13(2)27-18-10-5-4-7-14(18)11-19-20(25)24(21(26)28-19)12-15-16(22)8-6-9-17(15)23/h4-11,13H,3,12H2,1-2H3/b19-11-. The largest absolute Gasteiger partial charge is 0.490 e. The molecular weight excluding hydrogens is 417 g/mol. The molecule has 2 aromatic carbocycles. The van der Waals surface area contributed by atoms with Gasteiger partial charge in [-0.1, -0.05) is 54.4 Å². The van der Waals surface area contributed by atoms with Crippen LogP contribution in [0.1, 0.15) is 31.4 Å². The zero-order valence-electron chi connectivity index (χ0n) is 15.4. The van der Waals surface area contributed by atoms with Crippen LogP contribution in [0.3, 0.4) is 0 Å². The summed E-state index contributed by atoms with van der Waals surface area (Å²) in [4.78, 5) is 26.8. The molecule has 7 heteroatoms. The Balaban J connectivity index is 1.86. The number of amides is 2. The van der Waals surface area contributed by atoms with Crippen LogP contribution in [0.15, 0.2) is 47.4 Å². The van der Waals surface area contributed by atoms with Crippen LogP contribution in [0.4, 0.5) is 4.79 Å². The molecule has 146 valence electrons. The van der Waals surface area contributed by atoms with Gasteiger partial charge in [0.2, 0.25) is 0 Å². The van der Waals surface area contributed by atoms with Crippen molar-refractivity contribution in [2.45, 2.75) is 32.9 Å². The van der Waals surface area contributed by atoms with Crippen LogP contribution in [-0.4, -0.2) is 22.2 Å². The Morgan fingerprint density at radius 2 is 1.79 bits per heavy atom. The van der Waals surface area contributed by atoms with Gasteiger partial charge >= 0.3 is 0 Å². The SMILES string of the molecule is CCC(C)Oc1ccccc1/C=C1\SC(=O)N(Cc2c(Cl)cccc2Cl)C1=O. The van der Waals surface area contributed by atoms with Gasteiger partial charge in [-0.15, -0.1) is 0 Å². The molecule has 0 N–H and O–H groups in total. The molecule has 28 heavy (non-hydrogen) atoms. The van der Waals surface area contributed by atoms with Crippen LogP contribution in [0, 0.1) is 0 Å². The van der Waals surface area contributed by atoms with E-state index in [-0.39, 0.29) is 23.8 Å². The first-order valence-electron chi connectivity index (χ1n) is 8.84. The van der Waals surface area contributed by atoms with Gasteiger partial charge in [-0.25, -0.2) is 0 Å². The maximum Gasteiger partial charge on any atom is 0.293 e. The lowest BCUT2D eigenvalue weighted by Gasteiger charge is -2.15. The number of halogens is 2. The van der Waals surface area contributed by atoms with E-state index < -0.39 is 0 Å². The van der Waals surface area contributed by atoms with Crippen LogP contribution in [-0.2, 0) is 11.3 Å². The number of hydrogen-bond acceptors (Lipinski definition) is 4. The van der Waals surface area contributed by atoms with Gasteiger partial charge in [0.15, 0.2) is 0 Å². The van der Waals surface area contributed by atoms with E-state index in [0.29, 0.717) is 26.3 Å². The molecule has 1 atom stereocenters. The van der Waals surface area contributed by atoms with Crippen LogP contribution < -0.4 is 4.74 Å². The quantitative estimate of drug-likeness (QED) is 0.491. The molecular formula is C21H19Cl2NO3S. The molecule has 2 aromatic rings. The zero-order valence-corrected chi connectivity index (χ0v) is 17.8. The first-order chi connectivity index (χ1) is 13.4. The highest BCUT2D eigenvalue weighted by molar-refractivity contribution is 8.18. The summed E-state index contributed by atoms with van der Waals surface area (Å²) in [5.41, 5.74) is 1.30. The van der Waals surface area contributed by atoms with E-state index >= 15 is 0 Å². The molecule has 0 aromatic heterocycles. The minimum Gasteiger partial charge on any atom is -0.490 e. The smallest absolute Gasteiger partial charge is 0.293 e. The number of imide groups is 1. The highest BCUT2D eigenvalue weighted by atomic mass is 35.5. The molecule has 1 fully saturated rings. The maximum atomic E-state index is 12.8. The first kappa shape index (κ1) is 20.8. The monoisotopic (exact) mass is 435 g/mol. The third-order valence-corrected chi connectivity index (χ3v) is 5.98. The van der Waals surface area contributed by atoms with E-state index in [1.165, 1.54) is 0 Å². The number of para-hydroxylation sites is 1. The Labute approximate surface area is 178 Å². The second-order valence-corrected chi connectivity index (χ2v) is 8.15. The third-order valence-electron chi connectivity index (χ3n) is 4.36. The number of nitrogens with zero attached hydrogens (tertiary/aromatic N) is 1. The normalized spacial score (nSPS) is 16.7. The average Bonchev–Trinajstić information content (AvgIpc) is 2.93. The van der Waals surface area contributed by atoms with Gasteiger partial charge < -0.3 is 4.74 Å². The van der Waals surface area contributed by atoms with Gasteiger partial charge in [-0.05, 0) is 49.4 Å². The number of thioether (sulfide) groups is 1. The zero-order chi connectivity index (χ0) is 20.3. The minimum atomic E-state index is -0.371. The maximum absolute atomic E-state index is 12.8. The topological polar surface area (TPSA) is 46.6 Å². The molecule has 4 nitrogen and oxygen atoms in total. The molecule has 1 unspecified atom stereocenters. The number of ether oxygens (including phenoxy) is 1. The molecule has 0 spiro atoms. The number of rotatable bonds is 6. The van der Waals surface area contributed by atoms with Crippen LogP contribution in [0.25, 0.3) is 6.08 Å². The van der Waals surface area contributed by atoms with Gasteiger partial charge in [-0.2, -0.15) is 0 Å². The lowest BCUT2D eigenvalue weighted by atomic mass is 10.1. The van der Waals surface area contributed by atoms with E-state index in [1.54, 1.807) is 24.3 Å². The van der Waals surface area contributed by atoms with Crippen molar-refractivity contribution in [1.82, 2.24) is 4.90 Å². The highest BCUT2D eigenvalue weighted by Gasteiger charge is 2.36. The fourth-order valence-corrected chi connectivity index (χ4v) is 3.97. The molecule has 3 rings (SSSR count). The average molecular weight is 436 g/mol. The second kappa shape index (κ2) is 9.03. The van der Waals surface area contributed by atoms with E-state index in [9.17, 15) is 9.59 Å². The van der Waals surface area contributed by atoms with Gasteiger partial charge in [0.25, 0.3) is 11.1 Å². The number of benzene rings is 2. The van der Waals surface area contributed by atoms with Crippen molar-refractivity contribution in [1.29, 1.82) is 0 Å². The minimum absolute atomic E-state index is 0.0333. The third kappa shape index (κ3) is 4.54. The summed E-state index contributed by atoms with van der Waals surface area (Å²) in [6.45, 7) is 4.06. The molecule has 0 aliphatic carbocycles. The van der Waals surface area contributed by atoms with Crippen LogP contribution in [0.2, 0.25) is 10.0 Å². The highest BCUT2D eigenvalue weighted by Crippen LogP contribution is 2.36. The Morgan fingerprint density at radius 3 is 2.46 bits per heavy atom. The number of carbonyl (C=O) groups is 2. The number of hydrogen-bond donors (Lipinski definition) is 0. The first-order valence-corrected chi connectivity index (χ1v) is 10.4. The summed E-state index contributed by atoms with van der Waals surface area (Å²) in [5, 5.41) is 0.484. The molecule has 0 saturated carbocycles. The van der Waals surface area contributed by atoms with E-state index in [0.717, 1.165) is 28.6 Å². The Hall–Kier alpha value is -1.95. The summed E-state index contributed by atoms with van der Waals surface area (Å²) in [6.07, 6.45) is 2.60. The summed E-state index contributed by atoms with van der Waals surface area (Å²) in [7, 11) is 0. The number of carbonyl (C=O) groups excluding carboxylic acids is 2. The fourth-order valence-electron chi connectivity index (χ4n) is 2.63.